The number of phenols is 1. The van der Waals surface area contributed by atoms with Crippen LogP contribution in [-0.4, -0.2) is 20.4 Å². The normalized spacial score (nSPS) is 10.8. The van der Waals surface area contributed by atoms with Crippen LogP contribution in [0.3, 0.4) is 0 Å². The van der Waals surface area contributed by atoms with Crippen LogP contribution < -0.4 is 0 Å². The van der Waals surface area contributed by atoms with Crippen LogP contribution in [0, 0.1) is 5.41 Å². The molecule has 3 aromatic rings. The Hall–Kier alpha value is -2.62. The van der Waals surface area contributed by atoms with E-state index in [2.05, 4.69) is 4.98 Å². The van der Waals surface area contributed by atoms with E-state index in [1.165, 1.54) is 0 Å². The summed E-state index contributed by atoms with van der Waals surface area (Å²) in [5.74, 6) is 0.897. The van der Waals surface area contributed by atoms with E-state index in [1.54, 1.807) is 19.1 Å². The van der Waals surface area contributed by atoms with Crippen LogP contribution in [0.1, 0.15) is 18.3 Å². The summed E-state index contributed by atoms with van der Waals surface area (Å²) in [6.45, 7) is 2.22. The summed E-state index contributed by atoms with van der Waals surface area (Å²) in [5.41, 5.74) is 3.07. The van der Waals surface area contributed by atoms with Crippen molar-refractivity contribution in [2.45, 2.75) is 13.5 Å². The lowest BCUT2D eigenvalue weighted by Crippen LogP contribution is -2.09. The topological polar surface area (TPSA) is 61.9 Å². The highest BCUT2D eigenvalue weighted by Gasteiger charge is 2.13. The van der Waals surface area contributed by atoms with Crippen molar-refractivity contribution in [1.82, 2.24) is 9.55 Å². The second kappa shape index (κ2) is 4.81. The molecule has 2 N–H and O–H groups in total. The number of nitrogens with one attached hydrogen (secondary N) is 1. The third kappa shape index (κ3) is 2.05. The van der Waals surface area contributed by atoms with Gasteiger partial charge in [0.1, 0.15) is 5.75 Å². The fourth-order valence-electron chi connectivity index (χ4n) is 2.34. The number of benzene rings is 2. The summed E-state index contributed by atoms with van der Waals surface area (Å²) >= 11 is 0. The van der Waals surface area contributed by atoms with E-state index in [4.69, 9.17) is 5.41 Å². The van der Waals surface area contributed by atoms with Gasteiger partial charge in [0.05, 0.1) is 23.3 Å². The molecule has 0 saturated carbocycles. The Morgan fingerprint density at radius 1 is 1.15 bits per heavy atom. The number of nitrogens with zero attached hydrogens (tertiary/aromatic N) is 2. The van der Waals surface area contributed by atoms with Crippen LogP contribution in [0.2, 0.25) is 0 Å². The monoisotopic (exact) mass is 265 g/mol. The van der Waals surface area contributed by atoms with Gasteiger partial charge in [0.15, 0.2) is 5.82 Å². The zero-order chi connectivity index (χ0) is 14.1. The summed E-state index contributed by atoms with van der Waals surface area (Å²) in [6, 6.07) is 15.0. The molecule has 4 nitrogen and oxygen atoms in total. The van der Waals surface area contributed by atoms with E-state index in [0.29, 0.717) is 18.1 Å². The van der Waals surface area contributed by atoms with Crippen LogP contribution in [0.4, 0.5) is 0 Å². The van der Waals surface area contributed by atoms with Gasteiger partial charge in [-0.1, -0.05) is 30.3 Å². The van der Waals surface area contributed by atoms with Crippen molar-refractivity contribution in [2.75, 3.05) is 0 Å². The van der Waals surface area contributed by atoms with Gasteiger partial charge >= 0.3 is 0 Å². The molecule has 0 fully saturated rings. The number of hydrogen-bond donors (Lipinski definition) is 2. The first-order chi connectivity index (χ1) is 9.66. The van der Waals surface area contributed by atoms with Crippen molar-refractivity contribution >= 4 is 16.7 Å². The molecule has 0 atom stereocenters. The van der Waals surface area contributed by atoms with Gasteiger partial charge in [-0.3, -0.25) is 0 Å². The maximum atomic E-state index is 9.92. The maximum absolute atomic E-state index is 9.92. The molecule has 0 bridgehead atoms. The van der Waals surface area contributed by atoms with E-state index in [1.807, 2.05) is 41.0 Å². The molecule has 0 radical (unpaired) electrons. The molecule has 0 amide bonds. The van der Waals surface area contributed by atoms with Gasteiger partial charge in [-0.05, 0) is 25.1 Å². The van der Waals surface area contributed by atoms with Gasteiger partial charge in [0.25, 0.3) is 0 Å². The summed E-state index contributed by atoms with van der Waals surface area (Å²) in [4.78, 5) is 4.49. The van der Waals surface area contributed by atoms with Crippen molar-refractivity contribution in [3.8, 4) is 5.75 Å². The lowest BCUT2D eigenvalue weighted by Gasteiger charge is -2.10. The van der Waals surface area contributed by atoms with Gasteiger partial charge in [-0.2, -0.15) is 0 Å². The predicted molar refractivity (Wildman–Crippen MR) is 79.4 cm³/mol. The number of phenolic OH excluding ortho intramolecular Hbond substituents is 1. The third-order valence-corrected chi connectivity index (χ3v) is 3.31. The van der Waals surface area contributed by atoms with Gasteiger partial charge in [0, 0.05) is 5.56 Å². The van der Waals surface area contributed by atoms with E-state index >= 15 is 0 Å². The molecule has 0 unspecified atom stereocenters. The quantitative estimate of drug-likeness (QED) is 0.714. The fraction of sp³-hybridized carbons (Fsp3) is 0.125. The highest BCUT2D eigenvalue weighted by Crippen LogP contribution is 2.22. The summed E-state index contributed by atoms with van der Waals surface area (Å²) < 4.78 is 1.96. The Balaban J connectivity index is 2.17. The molecule has 0 aliphatic heterocycles. The van der Waals surface area contributed by atoms with E-state index < -0.39 is 0 Å². The molecule has 1 heterocycles. The summed E-state index contributed by atoms with van der Waals surface area (Å²) in [6.07, 6.45) is 0. The smallest absolute Gasteiger partial charge is 0.154 e. The number of fused-ring (bicyclic) bond motifs is 1. The Kier molecular flexibility index (Phi) is 2.99. The lowest BCUT2D eigenvalue weighted by molar-refractivity contribution is 0.466. The van der Waals surface area contributed by atoms with E-state index in [-0.39, 0.29) is 5.75 Å². The van der Waals surface area contributed by atoms with Crippen LogP contribution in [0.25, 0.3) is 11.0 Å². The average Bonchev–Trinajstić information content (AvgIpc) is 2.81. The number of para-hydroxylation sites is 3. The Morgan fingerprint density at radius 3 is 2.60 bits per heavy atom. The number of hydrogen-bond acceptors (Lipinski definition) is 3. The second-order valence-electron chi connectivity index (χ2n) is 4.76. The molecule has 0 aliphatic carbocycles. The minimum absolute atomic E-state index is 0.263. The van der Waals surface area contributed by atoms with Gasteiger partial charge in [-0.25, -0.2) is 4.98 Å². The minimum Gasteiger partial charge on any atom is -0.508 e. The molecule has 0 spiro atoms. The van der Waals surface area contributed by atoms with Crippen LogP contribution >= 0.6 is 0 Å². The number of rotatable bonds is 3. The number of imidazole rings is 1. The average molecular weight is 265 g/mol. The summed E-state index contributed by atoms with van der Waals surface area (Å²) in [5, 5.41) is 17.8. The first-order valence-corrected chi connectivity index (χ1v) is 6.44. The largest absolute Gasteiger partial charge is 0.508 e. The van der Waals surface area contributed by atoms with Gasteiger partial charge in [0.2, 0.25) is 0 Å². The molecule has 0 saturated heterocycles. The van der Waals surface area contributed by atoms with Crippen LogP contribution in [0.5, 0.6) is 5.75 Å². The second-order valence-corrected chi connectivity index (χ2v) is 4.76. The first kappa shape index (κ1) is 12.4. The molecular weight excluding hydrogens is 250 g/mol. The molecule has 4 heteroatoms. The van der Waals surface area contributed by atoms with Gasteiger partial charge in [-0.15, -0.1) is 0 Å². The number of aromatic hydroxyl groups is 1. The highest BCUT2D eigenvalue weighted by molar-refractivity contribution is 5.96. The van der Waals surface area contributed by atoms with E-state index in [9.17, 15) is 5.11 Å². The SMILES string of the molecule is CC(=N)c1nc2ccccc2n1Cc1ccccc1O. The Bertz CT molecular complexity index is 789. The van der Waals surface area contributed by atoms with Gasteiger partial charge < -0.3 is 15.1 Å². The zero-order valence-electron chi connectivity index (χ0n) is 11.2. The Labute approximate surface area is 116 Å². The van der Waals surface area contributed by atoms with Crippen molar-refractivity contribution in [1.29, 1.82) is 5.41 Å². The molecule has 0 aliphatic rings. The highest BCUT2D eigenvalue weighted by atomic mass is 16.3. The third-order valence-electron chi connectivity index (χ3n) is 3.31. The van der Waals surface area contributed by atoms with Crippen LogP contribution in [0.15, 0.2) is 48.5 Å². The minimum atomic E-state index is 0.263. The Morgan fingerprint density at radius 2 is 1.85 bits per heavy atom. The molecule has 20 heavy (non-hydrogen) atoms. The van der Waals surface area contributed by atoms with E-state index in [0.717, 1.165) is 16.6 Å². The van der Waals surface area contributed by atoms with Crippen molar-refractivity contribution in [3.63, 3.8) is 0 Å². The van der Waals surface area contributed by atoms with Crippen molar-refractivity contribution in [2.24, 2.45) is 0 Å². The number of aromatic nitrogens is 2. The fourth-order valence-corrected chi connectivity index (χ4v) is 2.34. The molecule has 3 rings (SSSR count). The summed E-state index contributed by atoms with van der Waals surface area (Å²) in [7, 11) is 0. The predicted octanol–water partition coefficient (Wildman–Crippen LogP) is 3.18. The zero-order valence-corrected chi connectivity index (χ0v) is 11.2. The van der Waals surface area contributed by atoms with Crippen molar-refractivity contribution in [3.05, 3.63) is 59.9 Å². The maximum Gasteiger partial charge on any atom is 0.154 e. The lowest BCUT2D eigenvalue weighted by atomic mass is 10.2. The molecule has 2 aromatic carbocycles. The van der Waals surface area contributed by atoms with Crippen molar-refractivity contribution < 1.29 is 5.11 Å². The first-order valence-electron chi connectivity index (χ1n) is 6.44. The standard InChI is InChI=1S/C16H15N3O/c1-11(17)16-18-13-7-3-4-8-14(13)19(16)10-12-6-2-5-9-15(12)20/h2-9,17,20H,10H2,1H3. The molecule has 100 valence electrons. The molecular formula is C16H15N3O. The van der Waals surface area contributed by atoms with Crippen LogP contribution in [-0.2, 0) is 6.54 Å². The molecule has 1 aromatic heterocycles.